The van der Waals surface area contributed by atoms with Gasteiger partial charge < -0.3 is 10.2 Å². The molecule has 0 saturated carbocycles. The van der Waals surface area contributed by atoms with Gasteiger partial charge in [-0.2, -0.15) is 0 Å². The van der Waals surface area contributed by atoms with E-state index in [0.717, 1.165) is 0 Å². The van der Waals surface area contributed by atoms with Gasteiger partial charge in [0, 0.05) is 11.1 Å². The van der Waals surface area contributed by atoms with Crippen molar-refractivity contribution in [3.8, 4) is 33.4 Å². The van der Waals surface area contributed by atoms with Crippen LogP contribution in [0.4, 0.5) is 17.1 Å². The van der Waals surface area contributed by atoms with E-state index in [1.54, 1.807) is 0 Å². The van der Waals surface area contributed by atoms with Crippen LogP contribution in [0.25, 0.3) is 44.2 Å². The number of rotatable bonds is 2. The standard InChI is InChI=1S/C35H24N2/c1-2-10-23(11-3-1)24-18-20-25(21-19-24)29-22-30-27-13-6-8-16-32(27)37-33-17-9-7-15-31(33)36-35(37)34(30)28-14-5-4-12-26(28)29/h1-22,35-36H. The molecular weight excluding hydrogens is 448 g/mol. The van der Waals surface area contributed by atoms with Crippen LogP contribution < -0.4 is 10.2 Å². The van der Waals surface area contributed by atoms with Gasteiger partial charge in [0.25, 0.3) is 0 Å². The van der Waals surface area contributed by atoms with Crippen LogP contribution in [-0.2, 0) is 0 Å². The minimum Gasteiger partial charge on any atom is -0.359 e. The summed E-state index contributed by atoms with van der Waals surface area (Å²) in [6, 6.07) is 48.3. The molecule has 2 aliphatic rings. The number of hydrogen-bond acceptors (Lipinski definition) is 2. The summed E-state index contributed by atoms with van der Waals surface area (Å²) in [7, 11) is 0. The molecule has 0 aliphatic carbocycles. The fraction of sp³-hybridized carbons (Fsp3) is 0.0286. The van der Waals surface area contributed by atoms with Crippen LogP contribution in [-0.4, -0.2) is 0 Å². The van der Waals surface area contributed by atoms with Crippen LogP contribution in [0.5, 0.6) is 0 Å². The molecule has 0 saturated heterocycles. The molecule has 0 fully saturated rings. The van der Waals surface area contributed by atoms with E-state index in [4.69, 9.17) is 0 Å². The second-order valence-electron chi connectivity index (χ2n) is 9.83. The molecule has 174 valence electrons. The predicted molar refractivity (Wildman–Crippen MR) is 155 cm³/mol. The monoisotopic (exact) mass is 472 g/mol. The molecule has 2 heteroatoms. The quantitative estimate of drug-likeness (QED) is 0.270. The van der Waals surface area contributed by atoms with Crippen molar-refractivity contribution < 1.29 is 0 Å². The van der Waals surface area contributed by atoms with Crippen LogP contribution in [0.1, 0.15) is 11.7 Å². The smallest absolute Gasteiger partial charge is 0.131 e. The van der Waals surface area contributed by atoms with E-state index in [2.05, 4.69) is 144 Å². The van der Waals surface area contributed by atoms with Crippen molar-refractivity contribution in [3.05, 3.63) is 139 Å². The largest absolute Gasteiger partial charge is 0.359 e. The number of nitrogens with one attached hydrogen (secondary N) is 1. The zero-order valence-corrected chi connectivity index (χ0v) is 20.2. The van der Waals surface area contributed by atoms with Crippen molar-refractivity contribution in [3.63, 3.8) is 0 Å². The lowest BCUT2D eigenvalue weighted by molar-refractivity contribution is 0.827. The normalized spacial score (nSPS) is 14.9. The van der Waals surface area contributed by atoms with E-state index in [9.17, 15) is 0 Å². The minimum absolute atomic E-state index is 0.0571. The van der Waals surface area contributed by atoms with Gasteiger partial charge >= 0.3 is 0 Å². The fourth-order valence-corrected chi connectivity index (χ4v) is 6.17. The Morgan fingerprint density at radius 1 is 0.459 bits per heavy atom. The van der Waals surface area contributed by atoms with E-state index in [1.165, 1.54) is 66.8 Å². The van der Waals surface area contributed by atoms with Crippen molar-refractivity contribution in [1.82, 2.24) is 0 Å². The lowest BCUT2D eigenvalue weighted by Crippen LogP contribution is -2.28. The van der Waals surface area contributed by atoms with E-state index >= 15 is 0 Å². The third kappa shape index (κ3) is 2.99. The Hall–Kier alpha value is -4.82. The molecule has 0 bridgehead atoms. The minimum atomic E-state index is 0.0571. The summed E-state index contributed by atoms with van der Waals surface area (Å²) in [5.74, 6) is 0. The summed E-state index contributed by atoms with van der Waals surface area (Å²) in [6.07, 6.45) is 0.0571. The van der Waals surface area contributed by atoms with Crippen LogP contribution in [0.3, 0.4) is 0 Å². The summed E-state index contributed by atoms with van der Waals surface area (Å²) < 4.78 is 0. The number of hydrogen-bond donors (Lipinski definition) is 1. The van der Waals surface area contributed by atoms with Gasteiger partial charge in [-0.25, -0.2) is 0 Å². The Bertz CT molecular complexity index is 1800. The molecule has 1 atom stereocenters. The number of benzene rings is 6. The lowest BCUT2D eigenvalue weighted by Gasteiger charge is -2.36. The maximum Gasteiger partial charge on any atom is 0.131 e. The van der Waals surface area contributed by atoms with Crippen molar-refractivity contribution in [2.75, 3.05) is 10.2 Å². The Morgan fingerprint density at radius 2 is 1.08 bits per heavy atom. The van der Waals surface area contributed by atoms with Crippen molar-refractivity contribution in [2.24, 2.45) is 0 Å². The first-order chi connectivity index (χ1) is 18.4. The Morgan fingerprint density at radius 3 is 1.92 bits per heavy atom. The number of para-hydroxylation sites is 3. The molecule has 2 nitrogen and oxygen atoms in total. The molecule has 0 amide bonds. The molecule has 0 radical (unpaired) electrons. The Kier molecular flexibility index (Phi) is 4.32. The summed E-state index contributed by atoms with van der Waals surface area (Å²) in [5.41, 5.74) is 12.6. The number of fused-ring (bicyclic) bond motifs is 10. The first-order valence-corrected chi connectivity index (χ1v) is 12.8. The maximum absolute atomic E-state index is 3.84. The summed E-state index contributed by atoms with van der Waals surface area (Å²) >= 11 is 0. The summed E-state index contributed by atoms with van der Waals surface area (Å²) in [4.78, 5) is 2.47. The number of anilines is 3. The van der Waals surface area contributed by atoms with E-state index in [1.807, 2.05) is 0 Å². The molecule has 1 unspecified atom stereocenters. The van der Waals surface area contributed by atoms with Crippen molar-refractivity contribution in [1.29, 1.82) is 0 Å². The van der Waals surface area contributed by atoms with Gasteiger partial charge in [0.15, 0.2) is 0 Å². The molecule has 2 heterocycles. The second kappa shape index (κ2) is 7.84. The summed E-state index contributed by atoms with van der Waals surface area (Å²) in [6.45, 7) is 0. The molecule has 1 N–H and O–H groups in total. The van der Waals surface area contributed by atoms with Crippen LogP contribution in [0.2, 0.25) is 0 Å². The highest BCUT2D eigenvalue weighted by atomic mass is 15.3. The molecule has 6 aromatic rings. The predicted octanol–water partition coefficient (Wildman–Crippen LogP) is 9.42. The molecule has 0 aromatic heterocycles. The molecular formula is C35H24N2. The number of nitrogens with zero attached hydrogens (tertiary/aromatic N) is 1. The molecule has 8 rings (SSSR count). The molecule has 37 heavy (non-hydrogen) atoms. The third-order valence-electron chi connectivity index (χ3n) is 7.83. The van der Waals surface area contributed by atoms with E-state index in [-0.39, 0.29) is 6.17 Å². The zero-order valence-electron chi connectivity index (χ0n) is 20.2. The molecule has 6 aromatic carbocycles. The van der Waals surface area contributed by atoms with E-state index in [0.29, 0.717) is 0 Å². The third-order valence-corrected chi connectivity index (χ3v) is 7.83. The SMILES string of the molecule is c1ccc(-c2ccc(-c3cc4c(c5ccccc35)C3Nc5ccccc5N3c3ccccc3-4)cc2)cc1. The van der Waals surface area contributed by atoms with Crippen molar-refractivity contribution >= 4 is 27.8 Å². The van der Waals surface area contributed by atoms with Gasteiger partial charge in [-0.15, -0.1) is 0 Å². The average Bonchev–Trinajstić information content (AvgIpc) is 3.37. The molecule has 0 spiro atoms. The van der Waals surface area contributed by atoms with Gasteiger partial charge in [0.1, 0.15) is 6.17 Å². The lowest BCUT2D eigenvalue weighted by atomic mass is 9.84. The first kappa shape index (κ1) is 20.4. The average molecular weight is 473 g/mol. The van der Waals surface area contributed by atoms with Gasteiger partial charge in [-0.1, -0.05) is 109 Å². The van der Waals surface area contributed by atoms with Crippen LogP contribution >= 0.6 is 0 Å². The zero-order chi connectivity index (χ0) is 24.3. The molecule has 2 aliphatic heterocycles. The first-order valence-electron chi connectivity index (χ1n) is 12.8. The van der Waals surface area contributed by atoms with Gasteiger partial charge in [-0.05, 0) is 62.9 Å². The van der Waals surface area contributed by atoms with E-state index < -0.39 is 0 Å². The highest BCUT2D eigenvalue weighted by molar-refractivity contribution is 6.07. The maximum atomic E-state index is 3.84. The topological polar surface area (TPSA) is 15.3 Å². The fourth-order valence-electron chi connectivity index (χ4n) is 6.17. The highest BCUT2D eigenvalue weighted by Crippen LogP contribution is 2.56. The summed E-state index contributed by atoms with van der Waals surface area (Å²) in [5, 5.41) is 6.42. The Balaban J connectivity index is 1.37. The van der Waals surface area contributed by atoms with Gasteiger partial charge in [-0.3, -0.25) is 0 Å². The van der Waals surface area contributed by atoms with Crippen LogP contribution in [0, 0.1) is 0 Å². The van der Waals surface area contributed by atoms with Gasteiger partial charge in [0.2, 0.25) is 0 Å². The van der Waals surface area contributed by atoms with Crippen molar-refractivity contribution in [2.45, 2.75) is 6.17 Å². The van der Waals surface area contributed by atoms with Gasteiger partial charge in [0.05, 0.1) is 17.1 Å². The second-order valence-corrected chi connectivity index (χ2v) is 9.83. The van der Waals surface area contributed by atoms with Crippen LogP contribution in [0.15, 0.2) is 133 Å². The highest BCUT2D eigenvalue weighted by Gasteiger charge is 2.38. The Labute approximate surface area is 216 Å².